The van der Waals surface area contributed by atoms with Gasteiger partial charge in [0.1, 0.15) is 6.61 Å². The van der Waals surface area contributed by atoms with Crippen molar-refractivity contribution >= 4 is 17.8 Å². The molecule has 0 aliphatic carbocycles. The Bertz CT molecular complexity index is 430. The molecule has 0 bridgehead atoms. The Morgan fingerprint density at radius 1 is 1.38 bits per heavy atom. The Kier molecular flexibility index (Phi) is 5.50. The van der Waals surface area contributed by atoms with Crippen LogP contribution in [0.15, 0.2) is 0 Å². The molecule has 0 aromatic carbocycles. The Labute approximate surface area is 125 Å². The van der Waals surface area contributed by atoms with Crippen molar-refractivity contribution in [1.82, 2.24) is 4.90 Å². The van der Waals surface area contributed by atoms with Crippen molar-refractivity contribution in [2.45, 2.75) is 47.1 Å². The van der Waals surface area contributed by atoms with Crippen LogP contribution in [0.3, 0.4) is 0 Å². The molecule has 1 heterocycles. The fourth-order valence-electron chi connectivity index (χ4n) is 2.54. The van der Waals surface area contributed by atoms with E-state index in [9.17, 15) is 14.4 Å². The molecule has 2 amide bonds. The second-order valence-electron chi connectivity index (χ2n) is 6.35. The quantitative estimate of drug-likeness (QED) is 0.583. The van der Waals surface area contributed by atoms with Gasteiger partial charge < -0.3 is 9.84 Å². The van der Waals surface area contributed by atoms with Crippen molar-refractivity contribution in [1.29, 1.82) is 0 Å². The summed E-state index contributed by atoms with van der Waals surface area (Å²) in [5.41, 5.74) is -0.881. The number of carbonyl (C=O) groups excluding carboxylic acids is 3. The van der Waals surface area contributed by atoms with E-state index in [1.54, 1.807) is 27.7 Å². The van der Waals surface area contributed by atoms with Crippen LogP contribution >= 0.6 is 0 Å². The van der Waals surface area contributed by atoms with Gasteiger partial charge in [0, 0.05) is 12.5 Å². The number of ether oxygens (including phenoxy) is 1. The summed E-state index contributed by atoms with van der Waals surface area (Å²) in [5.74, 6) is -1.77. The number of rotatable bonds is 6. The van der Waals surface area contributed by atoms with Gasteiger partial charge in [0.25, 0.3) is 0 Å². The molecule has 1 rings (SSSR count). The minimum absolute atomic E-state index is 0.0730. The van der Waals surface area contributed by atoms with E-state index in [1.165, 1.54) is 11.8 Å². The lowest BCUT2D eigenvalue weighted by Gasteiger charge is -2.26. The van der Waals surface area contributed by atoms with Crippen molar-refractivity contribution in [2.24, 2.45) is 17.3 Å². The second-order valence-corrected chi connectivity index (χ2v) is 6.35. The highest BCUT2D eigenvalue weighted by Crippen LogP contribution is 2.36. The van der Waals surface area contributed by atoms with Gasteiger partial charge in [-0.2, -0.15) is 0 Å². The molecular formula is C15H25NO5. The molecule has 0 aromatic heterocycles. The molecule has 0 aromatic rings. The van der Waals surface area contributed by atoms with E-state index in [0.717, 1.165) is 0 Å². The van der Waals surface area contributed by atoms with Gasteiger partial charge in [0.15, 0.2) is 0 Å². The van der Waals surface area contributed by atoms with Crippen molar-refractivity contribution < 1.29 is 24.2 Å². The average Bonchev–Trinajstić information content (AvgIpc) is 2.59. The van der Waals surface area contributed by atoms with Crippen LogP contribution in [0.25, 0.3) is 0 Å². The zero-order chi connectivity index (χ0) is 16.4. The first kappa shape index (κ1) is 17.6. The van der Waals surface area contributed by atoms with Crippen molar-refractivity contribution in [3.63, 3.8) is 0 Å². The third-order valence-corrected chi connectivity index (χ3v) is 3.90. The summed E-state index contributed by atoms with van der Waals surface area (Å²) in [4.78, 5) is 37.5. The number of aliphatic hydroxyl groups is 1. The Hall–Kier alpha value is -1.43. The van der Waals surface area contributed by atoms with Gasteiger partial charge in [-0.25, -0.2) is 0 Å². The lowest BCUT2D eigenvalue weighted by Crippen LogP contribution is -2.35. The maximum atomic E-state index is 12.2. The van der Waals surface area contributed by atoms with Crippen molar-refractivity contribution in [3.8, 4) is 0 Å². The number of imide groups is 1. The Morgan fingerprint density at radius 3 is 2.38 bits per heavy atom. The van der Waals surface area contributed by atoms with Crippen LogP contribution in [-0.2, 0) is 19.1 Å². The van der Waals surface area contributed by atoms with Gasteiger partial charge in [0.2, 0.25) is 11.8 Å². The van der Waals surface area contributed by atoms with E-state index in [-0.39, 0.29) is 24.8 Å². The molecule has 6 nitrogen and oxygen atoms in total. The van der Waals surface area contributed by atoms with E-state index < -0.39 is 29.3 Å². The van der Waals surface area contributed by atoms with Gasteiger partial charge in [-0.15, -0.1) is 0 Å². The van der Waals surface area contributed by atoms with Crippen molar-refractivity contribution in [2.75, 3.05) is 13.2 Å². The number of likely N-dealkylation sites (tertiary alicyclic amines) is 1. The summed E-state index contributed by atoms with van der Waals surface area (Å²) in [7, 11) is 0. The topological polar surface area (TPSA) is 83.9 Å². The summed E-state index contributed by atoms with van der Waals surface area (Å²) in [6.07, 6.45) is -0.470. The van der Waals surface area contributed by atoms with E-state index >= 15 is 0 Å². The molecule has 1 aliphatic rings. The predicted molar refractivity (Wildman–Crippen MR) is 76.1 cm³/mol. The molecule has 0 radical (unpaired) electrons. The molecule has 6 heteroatoms. The minimum atomic E-state index is -0.881. The molecule has 1 N–H and O–H groups in total. The Balaban J connectivity index is 2.77. The smallest absolute Gasteiger partial charge is 0.311 e. The van der Waals surface area contributed by atoms with Gasteiger partial charge in [0.05, 0.1) is 17.4 Å². The average molecular weight is 299 g/mol. The van der Waals surface area contributed by atoms with Crippen LogP contribution in [0.2, 0.25) is 0 Å². The summed E-state index contributed by atoms with van der Waals surface area (Å²) >= 11 is 0. The monoisotopic (exact) mass is 299 g/mol. The first-order chi connectivity index (χ1) is 9.61. The summed E-state index contributed by atoms with van der Waals surface area (Å²) in [6.45, 7) is 8.67. The van der Waals surface area contributed by atoms with E-state index in [4.69, 9.17) is 9.84 Å². The first-order valence-electron chi connectivity index (χ1n) is 7.32. The number of nitrogens with zero attached hydrogens (tertiary/aromatic N) is 1. The summed E-state index contributed by atoms with van der Waals surface area (Å²) in [6, 6.07) is 0. The number of amides is 2. The molecule has 1 aliphatic heterocycles. The largest absolute Gasteiger partial charge is 0.463 e. The first-order valence-corrected chi connectivity index (χ1v) is 7.32. The van der Waals surface area contributed by atoms with Crippen LogP contribution in [0.1, 0.15) is 41.0 Å². The Morgan fingerprint density at radius 2 is 1.95 bits per heavy atom. The van der Waals surface area contributed by atoms with Gasteiger partial charge >= 0.3 is 5.97 Å². The molecule has 1 fully saturated rings. The van der Waals surface area contributed by atoms with Crippen LogP contribution < -0.4 is 0 Å². The second kappa shape index (κ2) is 6.56. The number of aliphatic hydroxyl groups excluding tert-OH is 1. The molecule has 3 unspecified atom stereocenters. The van der Waals surface area contributed by atoms with E-state index in [0.29, 0.717) is 6.54 Å². The molecular weight excluding hydrogens is 274 g/mol. The van der Waals surface area contributed by atoms with Gasteiger partial charge in [-0.3, -0.25) is 19.3 Å². The number of carbonyl (C=O) groups is 3. The van der Waals surface area contributed by atoms with Crippen LogP contribution in [0.4, 0.5) is 0 Å². The molecule has 1 saturated heterocycles. The van der Waals surface area contributed by atoms with E-state index in [2.05, 4.69) is 0 Å². The lowest BCUT2D eigenvalue weighted by atomic mass is 9.79. The van der Waals surface area contributed by atoms with E-state index in [1.807, 2.05) is 0 Å². The highest BCUT2D eigenvalue weighted by molar-refractivity contribution is 6.05. The standard InChI is InChI=1S/C15H25NO5/c1-6-16-12(18)10(3)11(13(16)19)7-15(4,5)14(20)21-8-9(2)17/h9-11,17H,6-8H2,1-5H3. The maximum Gasteiger partial charge on any atom is 0.311 e. The number of hydrogen-bond donors (Lipinski definition) is 1. The molecule has 0 saturated carbocycles. The third kappa shape index (κ3) is 3.81. The highest BCUT2D eigenvalue weighted by Gasteiger charge is 2.47. The summed E-state index contributed by atoms with van der Waals surface area (Å²) in [5, 5.41) is 9.15. The van der Waals surface area contributed by atoms with Crippen LogP contribution in [0, 0.1) is 17.3 Å². The predicted octanol–water partition coefficient (Wildman–Crippen LogP) is 0.968. The minimum Gasteiger partial charge on any atom is -0.463 e. The lowest BCUT2D eigenvalue weighted by molar-refractivity contribution is -0.158. The third-order valence-electron chi connectivity index (χ3n) is 3.90. The van der Waals surface area contributed by atoms with Gasteiger partial charge in [-0.1, -0.05) is 6.92 Å². The zero-order valence-corrected chi connectivity index (χ0v) is 13.4. The van der Waals surface area contributed by atoms with Gasteiger partial charge in [-0.05, 0) is 34.1 Å². The fraction of sp³-hybridized carbons (Fsp3) is 0.800. The maximum absolute atomic E-state index is 12.2. The van der Waals surface area contributed by atoms with Crippen LogP contribution in [-0.4, -0.2) is 47.0 Å². The number of hydrogen-bond acceptors (Lipinski definition) is 5. The molecule has 120 valence electrons. The summed E-state index contributed by atoms with van der Waals surface area (Å²) < 4.78 is 5.03. The molecule has 3 atom stereocenters. The molecule has 21 heavy (non-hydrogen) atoms. The number of esters is 1. The normalized spacial score (nSPS) is 24.4. The SMILES string of the molecule is CCN1C(=O)C(C)C(CC(C)(C)C(=O)OCC(C)O)C1=O. The molecule has 0 spiro atoms. The highest BCUT2D eigenvalue weighted by atomic mass is 16.5. The fourth-order valence-corrected chi connectivity index (χ4v) is 2.54. The zero-order valence-electron chi connectivity index (χ0n) is 13.4. The van der Waals surface area contributed by atoms with Crippen molar-refractivity contribution in [3.05, 3.63) is 0 Å². The van der Waals surface area contributed by atoms with Crippen LogP contribution in [0.5, 0.6) is 0 Å².